The van der Waals surface area contributed by atoms with Crippen LogP contribution in [0.5, 0.6) is 5.75 Å². The Labute approximate surface area is 191 Å². The van der Waals surface area contributed by atoms with Crippen LogP contribution in [0.15, 0.2) is 72.8 Å². The van der Waals surface area contributed by atoms with E-state index in [0.29, 0.717) is 17.5 Å². The largest absolute Gasteiger partial charge is 0.496 e. The van der Waals surface area contributed by atoms with Crippen molar-refractivity contribution >= 4 is 11.6 Å². The van der Waals surface area contributed by atoms with Gasteiger partial charge >= 0.3 is 0 Å². The molecule has 166 valence electrons. The molecule has 0 saturated carbocycles. The van der Waals surface area contributed by atoms with Gasteiger partial charge in [0.2, 0.25) is 0 Å². The van der Waals surface area contributed by atoms with Crippen molar-refractivity contribution in [3.05, 3.63) is 83.9 Å². The third kappa shape index (κ3) is 5.03. The van der Waals surface area contributed by atoms with Crippen LogP contribution in [0.1, 0.15) is 48.5 Å². The highest BCUT2D eigenvalue weighted by atomic mass is 16.5. The fourth-order valence-corrected chi connectivity index (χ4v) is 4.51. The monoisotopic (exact) mass is 428 g/mol. The van der Waals surface area contributed by atoms with Crippen molar-refractivity contribution in [3.8, 4) is 16.9 Å². The van der Waals surface area contributed by atoms with Crippen LogP contribution in [0.4, 0.5) is 5.69 Å². The Morgan fingerprint density at radius 3 is 2.22 bits per heavy atom. The van der Waals surface area contributed by atoms with Crippen molar-refractivity contribution < 1.29 is 9.53 Å². The van der Waals surface area contributed by atoms with Gasteiger partial charge in [-0.15, -0.1) is 0 Å². The average molecular weight is 429 g/mol. The molecule has 0 aliphatic carbocycles. The molecular weight excluding hydrogens is 396 g/mol. The predicted molar refractivity (Wildman–Crippen MR) is 132 cm³/mol. The molecule has 1 saturated heterocycles. The number of likely N-dealkylation sites (tertiary alicyclic amines) is 1. The highest BCUT2D eigenvalue weighted by molar-refractivity contribution is 6.04. The van der Waals surface area contributed by atoms with Crippen LogP contribution >= 0.6 is 0 Å². The van der Waals surface area contributed by atoms with Crippen LogP contribution in [0.2, 0.25) is 0 Å². The van der Waals surface area contributed by atoms with Crippen molar-refractivity contribution in [1.82, 2.24) is 4.90 Å². The molecule has 0 radical (unpaired) electrons. The van der Waals surface area contributed by atoms with Crippen LogP contribution in [-0.2, 0) is 0 Å². The number of amides is 1. The molecule has 32 heavy (non-hydrogen) atoms. The van der Waals surface area contributed by atoms with Gasteiger partial charge in [-0.2, -0.15) is 0 Å². The van der Waals surface area contributed by atoms with Crippen LogP contribution in [0, 0.1) is 0 Å². The molecule has 1 heterocycles. The molecule has 0 unspecified atom stereocenters. The number of ether oxygens (including phenoxy) is 1. The van der Waals surface area contributed by atoms with Gasteiger partial charge in [0.15, 0.2) is 0 Å². The quantitative estimate of drug-likeness (QED) is 0.508. The molecule has 4 nitrogen and oxygen atoms in total. The van der Waals surface area contributed by atoms with Crippen LogP contribution < -0.4 is 10.1 Å². The Bertz CT molecular complexity index is 1040. The number of rotatable bonds is 6. The summed E-state index contributed by atoms with van der Waals surface area (Å²) in [7, 11) is 1.72. The second-order valence-corrected chi connectivity index (χ2v) is 8.76. The number of carbonyl (C=O) groups is 1. The number of carbonyl (C=O) groups excluding carboxylic acids is 1. The number of anilines is 1. The minimum absolute atomic E-state index is 0.102. The molecule has 1 aliphatic rings. The first-order valence-corrected chi connectivity index (χ1v) is 11.4. The third-order valence-electron chi connectivity index (χ3n) is 6.44. The zero-order chi connectivity index (χ0) is 22.5. The van der Waals surface area contributed by atoms with E-state index >= 15 is 0 Å². The van der Waals surface area contributed by atoms with Crippen molar-refractivity contribution in [2.45, 2.75) is 38.6 Å². The molecule has 1 amide bonds. The molecule has 0 bridgehead atoms. The van der Waals surface area contributed by atoms with E-state index in [2.05, 4.69) is 42.3 Å². The topological polar surface area (TPSA) is 41.6 Å². The molecule has 4 rings (SSSR count). The number of hydrogen-bond acceptors (Lipinski definition) is 3. The summed E-state index contributed by atoms with van der Waals surface area (Å²) in [5.74, 6) is 1.25. The van der Waals surface area contributed by atoms with Gasteiger partial charge in [0.1, 0.15) is 5.75 Å². The summed E-state index contributed by atoms with van der Waals surface area (Å²) in [4.78, 5) is 15.4. The standard InChI is InChI=1S/C28H32N2O2/c1-20(2)30-17-15-23(16-18-30)26-19-25(13-14-27(26)32-3)29-28(31)24-11-9-22(10-12-24)21-7-5-4-6-8-21/h4-14,19-20,23H,15-18H2,1-3H3,(H,29,31). The van der Waals surface area contributed by atoms with E-state index in [-0.39, 0.29) is 5.91 Å². The Hall–Kier alpha value is -3.11. The lowest BCUT2D eigenvalue weighted by Crippen LogP contribution is -2.37. The van der Waals surface area contributed by atoms with Gasteiger partial charge in [-0.1, -0.05) is 42.5 Å². The maximum absolute atomic E-state index is 12.9. The van der Waals surface area contributed by atoms with Crippen LogP contribution in [0.25, 0.3) is 11.1 Å². The fraction of sp³-hybridized carbons (Fsp3) is 0.321. The lowest BCUT2D eigenvalue weighted by Gasteiger charge is -2.35. The summed E-state index contributed by atoms with van der Waals surface area (Å²) in [6.45, 7) is 6.69. The van der Waals surface area contributed by atoms with Crippen molar-refractivity contribution in [3.63, 3.8) is 0 Å². The zero-order valence-corrected chi connectivity index (χ0v) is 19.2. The van der Waals surface area contributed by atoms with Gasteiger partial charge in [0.25, 0.3) is 5.91 Å². The number of nitrogens with zero attached hydrogens (tertiary/aromatic N) is 1. The SMILES string of the molecule is COc1ccc(NC(=O)c2ccc(-c3ccccc3)cc2)cc1C1CCN(C(C)C)CC1. The van der Waals surface area contributed by atoms with Gasteiger partial charge in [-0.05, 0) is 92.7 Å². The first kappa shape index (κ1) is 22.1. The summed E-state index contributed by atoms with van der Waals surface area (Å²) in [6.07, 6.45) is 2.21. The predicted octanol–water partition coefficient (Wildman–Crippen LogP) is 6.20. The zero-order valence-electron chi connectivity index (χ0n) is 19.2. The Morgan fingerprint density at radius 2 is 1.59 bits per heavy atom. The van der Waals surface area contributed by atoms with E-state index in [0.717, 1.165) is 48.5 Å². The fourth-order valence-electron chi connectivity index (χ4n) is 4.51. The number of methoxy groups -OCH3 is 1. The van der Waals surface area contributed by atoms with Gasteiger partial charge in [0, 0.05) is 17.3 Å². The van der Waals surface area contributed by atoms with Gasteiger partial charge in [0.05, 0.1) is 7.11 Å². The van der Waals surface area contributed by atoms with Gasteiger partial charge in [-0.25, -0.2) is 0 Å². The molecule has 3 aromatic rings. The normalized spacial score (nSPS) is 15.0. The maximum atomic E-state index is 12.9. The molecule has 3 aromatic carbocycles. The first-order chi connectivity index (χ1) is 15.5. The molecule has 1 aliphatic heterocycles. The molecule has 0 atom stereocenters. The molecule has 0 aromatic heterocycles. The third-order valence-corrected chi connectivity index (χ3v) is 6.44. The first-order valence-electron chi connectivity index (χ1n) is 11.4. The molecular formula is C28H32N2O2. The van der Waals surface area contributed by atoms with E-state index in [4.69, 9.17) is 4.74 Å². The lowest BCUT2D eigenvalue weighted by atomic mass is 9.88. The Balaban J connectivity index is 1.47. The van der Waals surface area contributed by atoms with Crippen LogP contribution in [-0.4, -0.2) is 37.0 Å². The van der Waals surface area contributed by atoms with E-state index in [1.807, 2.05) is 54.6 Å². The summed E-state index contributed by atoms with van der Waals surface area (Å²) in [5, 5.41) is 3.07. The second-order valence-electron chi connectivity index (χ2n) is 8.76. The summed E-state index contributed by atoms with van der Waals surface area (Å²) in [6, 6.07) is 24.5. The lowest BCUT2D eigenvalue weighted by molar-refractivity contribution is 0.102. The van der Waals surface area contributed by atoms with Crippen molar-refractivity contribution in [2.24, 2.45) is 0 Å². The van der Waals surface area contributed by atoms with Crippen LogP contribution in [0.3, 0.4) is 0 Å². The molecule has 0 spiro atoms. The van der Waals surface area contributed by atoms with E-state index in [9.17, 15) is 4.79 Å². The van der Waals surface area contributed by atoms with E-state index in [1.54, 1.807) is 7.11 Å². The minimum atomic E-state index is -0.102. The molecule has 4 heteroatoms. The molecule has 1 fully saturated rings. The second kappa shape index (κ2) is 10.0. The van der Waals surface area contributed by atoms with Crippen molar-refractivity contribution in [2.75, 3.05) is 25.5 Å². The van der Waals surface area contributed by atoms with Crippen molar-refractivity contribution in [1.29, 1.82) is 0 Å². The number of benzene rings is 3. The number of piperidine rings is 1. The average Bonchev–Trinajstić information content (AvgIpc) is 2.84. The summed E-state index contributed by atoms with van der Waals surface area (Å²) < 4.78 is 5.65. The highest BCUT2D eigenvalue weighted by Gasteiger charge is 2.24. The highest BCUT2D eigenvalue weighted by Crippen LogP contribution is 2.36. The van der Waals surface area contributed by atoms with E-state index < -0.39 is 0 Å². The maximum Gasteiger partial charge on any atom is 0.255 e. The molecule has 1 N–H and O–H groups in total. The van der Waals surface area contributed by atoms with Gasteiger partial charge < -0.3 is 15.0 Å². The Kier molecular flexibility index (Phi) is 6.91. The van der Waals surface area contributed by atoms with E-state index in [1.165, 1.54) is 5.56 Å². The minimum Gasteiger partial charge on any atom is -0.496 e. The Morgan fingerprint density at radius 1 is 0.938 bits per heavy atom. The van der Waals surface area contributed by atoms with Gasteiger partial charge in [-0.3, -0.25) is 4.79 Å². The summed E-state index contributed by atoms with van der Waals surface area (Å²) >= 11 is 0. The summed E-state index contributed by atoms with van der Waals surface area (Å²) in [5.41, 5.74) is 4.88. The number of hydrogen-bond donors (Lipinski definition) is 1. The number of nitrogens with one attached hydrogen (secondary N) is 1. The smallest absolute Gasteiger partial charge is 0.255 e.